The van der Waals surface area contributed by atoms with E-state index in [0.717, 1.165) is 33.0 Å². The second-order valence-electron chi connectivity index (χ2n) is 5.59. The number of carbonyl (C=O) groups excluding carboxylic acids is 1. The number of hydrogen-bond donors (Lipinski definition) is 1. The molecule has 0 aliphatic carbocycles. The van der Waals surface area contributed by atoms with Crippen LogP contribution in [0.5, 0.6) is 5.75 Å². The molecule has 1 aromatic heterocycles. The van der Waals surface area contributed by atoms with Gasteiger partial charge in [0.25, 0.3) is 0 Å². The van der Waals surface area contributed by atoms with Gasteiger partial charge in [-0.3, -0.25) is 4.79 Å². The van der Waals surface area contributed by atoms with Crippen LogP contribution in [0.25, 0.3) is 16.5 Å². The van der Waals surface area contributed by atoms with Crippen LogP contribution in [0.4, 0.5) is 5.69 Å². The van der Waals surface area contributed by atoms with E-state index < -0.39 is 0 Å². The van der Waals surface area contributed by atoms with E-state index >= 15 is 0 Å². The van der Waals surface area contributed by atoms with Crippen molar-refractivity contribution in [2.24, 2.45) is 0 Å². The van der Waals surface area contributed by atoms with E-state index in [0.29, 0.717) is 0 Å². The number of carbonyl (C=O) groups is 1. The number of ether oxygens (including phenoxy) is 1. The van der Waals surface area contributed by atoms with E-state index in [9.17, 15) is 4.79 Å². The molecule has 0 aliphatic heterocycles. The standard InChI is InChI=1S/C21H19NO2S/c1-15-9-11-19(24-2)16(14-15)10-12-21(23)22-18-7-4-3-6-17(18)20-8-5-13-25-20/h3-14H,1-2H3,(H,22,23)/b12-10+. The molecule has 1 N–H and O–H groups in total. The van der Waals surface area contributed by atoms with Crippen molar-refractivity contribution in [3.05, 3.63) is 77.2 Å². The summed E-state index contributed by atoms with van der Waals surface area (Å²) in [5.74, 6) is 0.571. The summed E-state index contributed by atoms with van der Waals surface area (Å²) in [4.78, 5) is 13.5. The normalized spacial score (nSPS) is 10.8. The van der Waals surface area contributed by atoms with Crippen molar-refractivity contribution in [1.82, 2.24) is 0 Å². The second kappa shape index (κ2) is 7.81. The highest BCUT2D eigenvalue weighted by atomic mass is 32.1. The average Bonchev–Trinajstić information content (AvgIpc) is 3.15. The molecule has 0 bridgehead atoms. The molecular formula is C21H19NO2S. The molecule has 0 spiro atoms. The van der Waals surface area contributed by atoms with E-state index in [2.05, 4.69) is 5.32 Å². The van der Waals surface area contributed by atoms with Crippen molar-refractivity contribution in [3.63, 3.8) is 0 Å². The lowest BCUT2D eigenvalue weighted by molar-refractivity contribution is -0.111. The van der Waals surface area contributed by atoms with Gasteiger partial charge in [0.1, 0.15) is 5.75 Å². The summed E-state index contributed by atoms with van der Waals surface area (Å²) in [5.41, 5.74) is 3.82. The number of amides is 1. The van der Waals surface area contributed by atoms with Crippen molar-refractivity contribution < 1.29 is 9.53 Å². The summed E-state index contributed by atoms with van der Waals surface area (Å²) in [7, 11) is 1.62. The molecule has 126 valence electrons. The minimum Gasteiger partial charge on any atom is -0.496 e. The predicted octanol–water partition coefficient (Wildman–Crippen LogP) is 5.38. The van der Waals surface area contributed by atoms with Crippen LogP contribution < -0.4 is 10.1 Å². The van der Waals surface area contributed by atoms with Crippen molar-refractivity contribution in [1.29, 1.82) is 0 Å². The number of aryl methyl sites for hydroxylation is 1. The lowest BCUT2D eigenvalue weighted by atomic mass is 10.1. The summed E-state index contributed by atoms with van der Waals surface area (Å²) >= 11 is 1.65. The molecule has 0 aliphatic rings. The lowest BCUT2D eigenvalue weighted by Crippen LogP contribution is -2.08. The molecule has 3 aromatic rings. The summed E-state index contributed by atoms with van der Waals surface area (Å²) in [6, 6.07) is 17.7. The van der Waals surface area contributed by atoms with Gasteiger partial charge in [0, 0.05) is 27.8 Å². The molecule has 4 heteroatoms. The van der Waals surface area contributed by atoms with E-state index in [1.54, 1.807) is 24.5 Å². The quantitative estimate of drug-likeness (QED) is 0.628. The van der Waals surface area contributed by atoms with Crippen molar-refractivity contribution in [3.8, 4) is 16.2 Å². The number of benzene rings is 2. The number of nitrogens with one attached hydrogen (secondary N) is 1. The van der Waals surface area contributed by atoms with Gasteiger partial charge in [-0.15, -0.1) is 11.3 Å². The highest BCUT2D eigenvalue weighted by Crippen LogP contribution is 2.31. The molecule has 0 radical (unpaired) electrons. The Morgan fingerprint density at radius 3 is 2.72 bits per heavy atom. The van der Waals surface area contributed by atoms with Gasteiger partial charge in [-0.1, -0.05) is 35.9 Å². The monoisotopic (exact) mass is 349 g/mol. The van der Waals surface area contributed by atoms with Crippen molar-refractivity contribution in [2.45, 2.75) is 6.92 Å². The van der Waals surface area contributed by atoms with Crippen molar-refractivity contribution >= 4 is 29.0 Å². The summed E-state index contributed by atoms with van der Waals surface area (Å²) in [5, 5.41) is 4.99. The number of hydrogen-bond acceptors (Lipinski definition) is 3. The lowest BCUT2D eigenvalue weighted by Gasteiger charge is -2.08. The molecule has 25 heavy (non-hydrogen) atoms. The Balaban J connectivity index is 1.79. The predicted molar refractivity (Wildman–Crippen MR) is 105 cm³/mol. The summed E-state index contributed by atoms with van der Waals surface area (Å²) < 4.78 is 5.34. The van der Waals surface area contributed by atoms with Crippen LogP contribution in [0.1, 0.15) is 11.1 Å². The fourth-order valence-corrected chi connectivity index (χ4v) is 3.33. The first kappa shape index (κ1) is 17.0. The van der Waals surface area contributed by atoms with Crippen molar-refractivity contribution in [2.75, 3.05) is 12.4 Å². The first-order chi connectivity index (χ1) is 12.2. The maximum Gasteiger partial charge on any atom is 0.248 e. The van der Waals surface area contributed by atoms with Crippen LogP contribution in [0.15, 0.2) is 66.1 Å². The Kier molecular flexibility index (Phi) is 5.31. The fraction of sp³-hybridized carbons (Fsp3) is 0.0952. The molecule has 0 atom stereocenters. The third-order valence-electron chi connectivity index (χ3n) is 3.77. The van der Waals surface area contributed by atoms with Crippen LogP contribution >= 0.6 is 11.3 Å². The minimum absolute atomic E-state index is 0.174. The van der Waals surface area contributed by atoms with Gasteiger partial charge >= 0.3 is 0 Å². The molecule has 0 fully saturated rings. The summed E-state index contributed by atoms with van der Waals surface area (Å²) in [6.45, 7) is 2.01. The molecule has 1 amide bonds. The fourth-order valence-electron chi connectivity index (χ4n) is 2.56. The highest BCUT2D eigenvalue weighted by molar-refractivity contribution is 7.13. The van der Waals surface area contributed by atoms with Gasteiger partial charge in [0.05, 0.1) is 7.11 Å². The molecule has 3 rings (SSSR count). The van der Waals surface area contributed by atoms with E-state index in [1.165, 1.54) is 6.08 Å². The molecule has 3 nitrogen and oxygen atoms in total. The average molecular weight is 349 g/mol. The van der Waals surface area contributed by atoms with Gasteiger partial charge < -0.3 is 10.1 Å². The van der Waals surface area contributed by atoms with Gasteiger partial charge in [0.15, 0.2) is 0 Å². The molecule has 0 unspecified atom stereocenters. The molecule has 0 saturated heterocycles. The number of para-hydroxylation sites is 1. The van der Waals surface area contributed by atoms with E-state index in [-0.39, 0.29) is 5.91 Å². The Hall–Kier alpha value is -2.85. The number of anilines is 1. The number of thiophene rings is 1. The maximum atomic E-state index is 12.4. The van der Waals surface area contributed by atoms with E-state index in [4.69, 9.17) is 4.74 Å². The van der Waals surface area contributed by atoms with Gasteiger partial charge in [-0.2, -0.15) is 0 Å². The van der Waals surface area contributed by atoms with Crippen LogP contribution in [-0.2, 0) is 4.79 Å². The van der Waals surface area contributed by atoms with Crippen LogP contribution in [0, 0.1) is 6.92 Å². The van der Waals surface area contributed by atoms with Gasteiger partial charge in [0.2, 0.25) is 5.91 Å². The first-order valence-electron chi connectivity index (χ1n) is 7.94. The third-order valence-corrected chi connectivity index (χ3v) is 4.67. The first-order valence-corrected chi connectivity index (χ1v) is 8.82. The number of methoxy groups -OCH3 is 1. The Morgan fingerprint density at radius 1 is 1.12 bits per heavy atom. The molecule has 0 saturated carbocycles. The van der Waals surface area contributed by atoms with Crippen LogP contribution in [0.3, 0.4) is 0 Å². The Morgan fingerprint density at radius 2 is 1.96 bits per heavy atom. The Labute approximate surface area is 151 Å². The zero-order chi connectivity index (χ0) is 17.6. The van der Waals surface area contributed by atoms with E-state index in [1.807, 2.05) is 66.9 Å². The zero-order valence-electron chi connectivity index (χ0n) is 14.2. The highest BCUT2D eigenvalue weighted by Gasteiger charge is 2.07. The van der Waals surface area contributed by atoms with Gasteiger partial charge in [-0.25, -0.2) is 0 Å². The molecular weight excluding hydrogens is 330 g/mol. The molecule has 1 heterocycles. The smallest absolute Gasteiger partial charge is 0.248 e. The minimum atomic E-state index is -0.174. The summed E-state index contributed by atoms with van der Waals surface area (Å²) in [6.07, 6.45) is 3.30. The van der Waals surface area contributed by atoms with Crippen LogP contribution in [-0.4, -0.2) is 13.0 Å². The third kappa shape index (κ3) is 4.17. The number of rotatable bonds is 5. The van der Waals surface area contributed by atoms with Crippen LogP contribution in [0.2, 0.25) is 0 Å². The topological polar surface area (TPSA) is 38.3 Å². The molecule has 2 aromatic carbocycles. The maximum absolute atomic E-state index is 12.4. The SMILES string of the molecule is COc1ccc(C)cc1/C=C/C(=O)Nc1ccccc1-c1cccs1. The second-order valence-corrected chi connectivity index (χ2v) is 6.54. The van der Waals surface area contributed by atoms with Gasteiger partial charge in [-0.05, 0) is 42.6 Å². The Bertz CT molecular complexity index is 898. The zero-order valence-corrected chi connectivity index (χ0v) is 15.0. The largest absolute Gasteiger partial charge is 0.496 e.